The number of hydrogen-bond acceptors (Lipinski definition) is 9. The number of rotatable bonds is 6. The number of likely N-dealkylation sites (N-methyl/N-ethyl adjacent to an activating group) is 1. The summed E-state index contributed by atoms with van der Waals surface area (Å²) in [6.45, 7) is 2.94. The minimum atomic E-state index is -4.86. The van der Waals surface area contributed by atoms with Gasteiger partial charge >= 0.3 is 6.18 Å². The zero-order chi connectivity index (χ0) is 30.0. The second-order valence-electron chi connectivity index (χ2n) is 11.5. The minimum absolute atomic E-state index is 0.129. The van der Waals surface area contributed by atoms with Crippen molar-refractivity contribution in [3.05, 3.63) is 45.2 Å². The maximum atomic E-state index is 14.6. The lowest BCUT2D eigenvalue weighted by atomic mass is 9.59. The second-order valence-corrected chi connectivity index (χ2v) is 11.5. The number of halogens is 3. The smallest absolute Gasteiger partial charge is 0.417 e. The van der Waals surface area contributed by atoms with Crippen LogP contribution < -0.4 is 5.73 Å². The van der Waals surface area contributed by atoms with Gasteiger partial charge in [0.05, 0.1) is 11.1 Å². The van der Waals surface area contributed by atoms with Crippen LogP contribution in [0.5, 0.6) is 5.75 Å². The highest BCUT2D eigenvalue weighted by atomic mass is 19.4. The molecule has 13 heteroatoms. The molecule has 222 valence electrons. The fraction of sp³-hybridized carbons (Fsp3) is 0.536. The van der Waals surface area contributed by atoms with Crippen LogP contribution in [0.1, 0.15) is 47.9 Å². The number of likely N-dealkylation sites (tertiary alicyclic amines) is 1. The zero-order valence-electron chi connectivity index (χ0n) is 22.4. The van der Waals surface area contributed by atoms with Crippen molar-refractivity contribution < 1.29 is 48.0 Å². The van der Waals surface area contributed by atoms with Gasteiger partial charge in [-0.1, -0.05) is 0 Å². The Morgan fingerprint density at radius 1 is 1.17 bits per heavy atom. The Morgan fingerprint density at radius 2 is 1.83 bits per heavy atom. The monoisotopic (exact) mass is 579 g/mol. The number of alkyl halides is 3. The zero-order valence-corrected chi connectivity index (χ0v) is 22.4. The summed E-state index contributed by atoms with van der Waals surface area (Å²) in [4.78, 5) is 41.8. The molecule has 1 aliphatic heterocycles. The lowest BCUT2D eigenvalue weighted by molar-refractivity contribution is -0.147. The molecule has 0 spiro atoms. The van der Waals surface area contributed by atoms with E-state index in [-0.39, 0.29) is 24.1 Å². The Labute approximate surface area is 233 Å². The van der Waals surface area contributed by atoms with Crippen LogP contribution in [0, 0.1) is 11.8 Å². The van der Waals surface area contributed by atoms with E-state index in [1.165, 1.54) is 0 Å². The van der Waals surface area contributed by atoms with Crippen LogP contribution in [0.3, 0.4) is 0 Å². The predicted molar refractivity (Wildman–Crippen MR) is 138 cm³/mol. The highest BCUT2D eigenvalue weighted by Gasteiger charge is 2.60. The van der Waals surface area contributed by atoms with Crippen molar-refractivity contribution in [3.63, 3.8) is 0 Å². The summed E-state index contributed by atoms with van der Waals surface area (Å²) in [5, 5.41) is 43.9. The number of carbonyl (C=O) groups is 3. The van der Waals surface area contributed by atoms with Crippen molar-refractivity contribution in [2.45, 2.75) is 50.4 Å². The van der Waals surface area contributed by atoms with Gasteiger partial charge in [-0.2, -0.15) is 13.2 Å². The Bertz CT molecular complexity index is 1400. The van der Waals surface area contributed by atoms with Crippen LogP contribution in [0.2, 0.25) is 0 Å². The summed E-state index contributed by atoms with van der Waals surface area (Å²) < 4.78 is 43.8. The van der Waals surface area contributed by atoms with Crippen molar-refractivity contribution in [1.82, 2.24) is 9.80 Å². The van der Waals surface area contributed by atoms with Gasteiger partial charge < -0.3 is 36.0 Å². The number of nitrogens with two attached hydrogens (primary N) is 1. The molecule has 1 amide bonds. The molecule has 1 unspecified atom stereocenters. The molecule has 0 bridgehead atoms. The summed E-state index contributed by atoms with van der Waals surface area (Å²) >= 11 is 0. The molecule has 0 radical (unpaired) electrons. The van der Waals surface area contributed by atoms with Gasteiger partial charge in [-0.15, -0.1) is 0 Å². The Hall–Kier alpha value is -3.42. The number of carbonyl (C=O) groups excluding carboxylic acids is 3. The van der Waals surface area contributed by atoms with Crippen LogP contribution in [0.25, 0.3) is 5.76 Å². The van der Waals surface area contributed by atoms with Crippen LogP contribution in [-0.4, -0.2) is 86.5 Å². The predicted octanol–water partition coefficient (Wildman–Crippen LogP) is 1.97. The molecule has 10 nitrogen and oxygen atoms in total. The summed E-state index contributed by atoms with van der Waals surface area (Å²) in [5.41, 5.74) is -1.21. The topological polar surface area (TPSA) is 165 Å². The lowest BCUT2D eigenvalue weighted by Crippen LogP contribution is -2.58. The molecule has 41 heavy (non-hydrogen) atoms. The molecule has 2 fully saturated rings. The molecule has 1 saturated heterocycles. The summed E-state index contributed by atoms with van der Waals surface area (Å²) in [7, 11) is 1.68. The molecule has 3 atom stereocenters. The van der Waals surface area contributed by atoms with E-state index in [9.17, 15) is 48.0 Å². The van der Waals surface area contributed by atoms with E-state index in [0.29, 0.717) is 13.1 Å². The van der Waals surface area contributed by atoms with Crippen molar-refractivity contribution in [1.29, 1.82) is 0 Å². The largest absolute Gasteiger partial charge is 0.508 e. The van der Waals surface area contributed by atoms with Gasteiger partial charge in [0.15, 0.2) is 11.4 Å². The number of amides is 1. The average Bonchev–Trinajstić information content (AvgIpc) is 3.37. The summed E-state index contributed by atoms with van der Waals surface area (Å²) in [6, 6.07) is 0.928. The number of benzene rings is 1. The number of nitrogens with zero attached hydrogens (tertiary/aromatic N) is 2. The van der Waals surface area contributed by atoms with E-state index >= 15 is 0 Å². The first-order chi connectivity index (χ1) is 19.2. The fourth-order valence-corrected chi connectivity index (χ4v) is 6.93. The molecule has 1 aromatic carbocycles. The van der Waals surface area contributed by atoms with E-state index in [0.717, 1.165) is 32.0 Å². The fourth-order valence-electron chi connectivity index (χ4n) is 6.93. The molecule has 3 aliphatic carbocycles. The van der Waals surface area contributed by atoms with E-state index in [1.54, 1.807) is 11.9 Å². The van der Waals surface area contributed by atoms with Crippen molar-refractivity contribution in [2.24, 2.45) is 17.6 Å². The number of fused-ring (bicyclic) bond motifs is 3. The Kier molecular flexibility index (Phi) is 7.19. The molecular formula is C28H32F3N3O7. The number of primary amides is 1. The average molecular weight is 580 g/mol. The first-order valence-electron chi connectivity index (χ1n) is 13.5. The highest BCUT2D eigenvalue weighted by Crippen LogP contribution is 2.54. The van der Waals surface area contributed by atoms with Crippen molar-refractivity contribution in [3.8, 4) is 5.75 Å². The standard InChI is InChI=1S/C28H32F3N3O7/c1-33(6-7-34-4-2-3-5-34)12-14-10-17(35)20-16(22(14)28(29,30)31)9-13-8-15-11-18(36)21(26(32)40)25(39)27(15,41)24(38)19(13)23(20)37/h10,13,15,35,37,39,41H,2-9,11-12H2,1H3,(H2,32,40)/t13?,15-,27-/m0/s1. The number of aromatic hydroxyl groups is 1. The van der Waals surface area contributed by atoms with Gasteiger partial charge in [0, 0.05) is 37.5 Å². The van der Waals surface area contributed by atoms with Crippen LogP contribution in [-0.2, 0) is 33.5 Å². The maximum absolute atomic E-state index is 14.6. The Balaban J connectivity index is 1.57. The maximum Gasteiger partial charge on any atom is 0.417 e. The van der Waals surface area contributed by atoms with Crippen molar-refractivity contribution in [2.75, 3.05) is 33.2 Å². The number of aliphatic hydroxyl groups excluding tert-OH is 2. The van der Waals surface area contributed by atoms with Gasteiger partial charge in [0.1, 0.15) is 22.8 Å². The number of hydrogen-bond donors (Lipinski definition) is 5. The molecule has 4 aliphatic rings. The van der Waals surface area contributed by atoms with E-state index < -0.39 is 93.5 Å². The third-order valence-corrected chi connectivity index (χ3v) is 8.87. The third kappa shape index (κ3) is 4.69. The second kappa shape index (κ2) is 10.1. The quantitative estimate of drug-likeness (QED) is 0.317. The van der Waals surface area contributed by atoms with Gasteiger partial charge in [0.25, 0.3) is 5.91 Å². The van der Waals surface area contributed by atoms with E-state index in [1.807, 2.05) is 0 Å². The first-order valence-corrected chi connectivity index (χ1v) is 13.5. The van der Waals surface area contributed by atoms with Gasteiger partial charge in [-0.3, -0.25) is 14.4 Å². The van der Waals surface area contributed by atoms with Gasteiger partial charge in [-0.05, 0) is 68.9 Å². The number of phenolic OH excluding ortho intramolecular Hbond substituents is 1. The lowest BCUT2D eigenvalue weighted by Gasteiger charge is -2.46. The highest BCUT2D eigenvalue weighted by molar-refractivity contribution is 6.22. The van der Waals surface area contributed by atoms with Crippen LogP contribution in [0.15, 0.2) is 23.0 Å². The molecular weight excluding hydrogens is 547 g/mol. The number of Topliss-reactive ketones (excluding diaryl/α,β-unsaturated/α-hetero) is 2. The molecule has 5 rings (SSSR count). The molecule has 1 saturated carbocycles. The number of aliphatic hydroxyl groups is 3. The molecule has 1 aromatic rings. The van der Waals surface area contributed by atoms with E-state index in [2.05, 4.69) is 4.90 Å². The van der Waals surface area contributed by atoms with Gasteiger partial charge in [-0.25, -0.2) is 0 Å². The minimum Gasteiger partial charge on any atom is -0.508 e. The summed E-state index contributed by atoms with van der Waals surface area (Å²) in [5.74, 6) is -8.70. The SMILES string of the molecule is CN(CCN1CCCC1)Cc1cc(O)c2c(c1C(F)(F)F)CC1C[C@H]3CC(=O)C(C(N)=O)=C(O)[C@@]3(O)C(=O)C1=C2O. The molecule has 1 heterocycles. The van der Waals surface area contributed by atoms with Crippen LogP contribution in [0.4, 0.5) is 13.2 Å². The molecule has 6 N–H and O–H groups in total. The normalized spacial score (nSPS) is 26.9. The van der Waals surface area contributed by atoms with Gasteiger partial charge in [0.2, 0.25) is 5.78 Å². The number of ketones is 2. The summed E-state index contributed by atoms with van der Waals surface area (Å²) in [6.07, 6.45) is -3.92. The van der Waals surface area contributed by atoms with Crippen molar-refractivity contribution >= 4 is 23.2 Å². The Morgan fingerprint density at radius 3 is 2.44 bits per heavy atom. The first kappa shape index (κ1) is 29.1. The molecule has 0 aromatic heterocycles. The van der Waals surface area contributed by atoms with Crippen LogP contribution >= 0.6 is 0 Å². The number of phenols is 1. The van der Waals surface area contributed by atoms with E-state index in [4.69, 9.17) is 5.73 Å². The third-order valence-electron chi connectivity index (χ3n) is 8.87.